The molecule has 2 aromatic rings. The van der Waals surface area contributed by atoms with E-state index in [4.69, 9.17) is 12.2 Å². The molecular weight excluding hydrogens is 428 g/mol. The summed E-state index contributed by atoms with van der Waals surface area (Å²) in [5, 5.41) is 1.05. The first-order valence-corrected chi connectivity index (χ1v) is 12.1. The number of hydrogen-bond donors (Lipinski definition) is 0. The van der Waals surface area contributed by atoms with Crippen molar-refractivity contribution in [1.82, 2.24) is 14.4 Å². The molecule has 0 radical (unpaired) electrons. The van der Waals surface area contributed by atoms with E-state index in [2.05, 4.69) is 22.8 Å². The van der Waals surface area contributed by atoms with Gasteiger partial charge in [-0.05, 0) is 32.5 Å². The van der Waals surface area contributed by atoms with Gasteiger partial charge in [-0.15, -0.1) is 0 Å². The van der Waals surface area contributed by atoms with E-state index < -0.39 is 0 Å². The maximum Gasteiger partial charge on any atom is 0.266 e. The third kappa shape index (κ3) is 3.92. The molecule has 2 fully saturated rings. The van der Waals surface area contributed by atoms with Crippen LogP contribution in [0, 0.1) is 0 Å². The van der Waals surface area contributed by atoms with Crippen LogP contribution >= 0.6 is 24.0 Å². The molecule has 2 aliphatic heterocycles. The number of nitrogens with zero attached hydrogens (tertiary/aromatic N) is 4. The Morgan fingerprint density at radius 3 is 2.32 bits per heavy atom. The number of aromatic nitrogens is 1. The minimum Gasteiger partial charge on any atom is -0.368 e. The molecule has 1 amide bonds. The number of thioether (sulfide) groups is 1. The number of amides is 1. The number of benzene rings is 1. The second-order valence-electron chi connectivity index (χ2n) is 7.68. The van der Waals surface area contributed by atoms with Crippen molar-refractivity contribution in [3.8, 4) is 0 Å². The van der Waals surface area contributed by atoms with Crippen LogP contribution in [0.2, 0.25) is 0 Å². The molecule has 1 aromatic heterocycles. The first-order chi connectivity index (χ1) is 15.0. The number of hydrogen-bond acceptors (Lipinski definition) is 6. The van der Waals surface area contributed by atoms with Crippen LogP contribution in [-0.2, 0) is 11.3 Å². The highest BCUT2D eigenvalue weighted by atomic mass is 32.2. The zero-order chi connectivity index (χ0) is 22.1. The van der Waals surface area contributed by atoms with Crippen LogP contribution < -0.4 is 10.5 Å². The van der Waals surface area contributed by atoms with Crippen molar-refractivity contribution in [3.63, 3.8) is 0 Å². The quantitative estimate of drug-likeness (QED) is 0.508. The number of anilines is 1. The Hall–Kier alpha value is -2.16. The van der Waals surface area contributed by atoms with Gasteiger partial charge in [0.05, 0.1) is 21.7 Å². The predicted octanol–water partition coefficient (Wildman–Crippen LogP) is 3.38. The van der Waals surface area contributed by atoms with Gasteiger partial charge in [0.25, 0.3) is 11.5 Å². The molecule has 8 heteroatoms. The molecule has 2 aliphatic rings. The molecule has 2 saturated heterocycles. The first-order valence-electron chi connectivity index (χ1n) is 10.9. The lowest BCUT2D eigenvalue weighted by atomic mass is 10.0. The smallest absolute Gasteiger partial charge is 0.266 e. The molecule has 3 heterocycles. The van der Waals surface area contributed by atoms with E-state index in [9.17, 15) is 9.59 Å². The Bertz CT molecular complexity index is 1120. The van der Waals surface area contributed by atoms with Crippen LogP contribution in [0.3, 0.4) is 0 Å². The molecule has 164 valence electrons. The lowest BCUT2D eigenvalue weighted by Crippen LogP contribution is -2.47. The van der Waals surface area contributed by atoms with Crippen molar-refractivity contribution in [2.75, 3.05) is 44.2 Å². The third-order valence-electron chi connectivity index (χ3n) is 6.10. The van der Waals surface area contributed by atoms with E-state index in [1.807, 2.05) is 32.0 Å². The van der Waals surface area contributed by atoms with Gasteiger partial charge in [-0.25, -0.2) is 0 Å². The summed E-state index contributed by atoms with van der Waals surface area (Å²) in [5.41, 5.74) is 2.39. The number of para-hydroxylation sites is 1. The monoisotopic (exact) mass is 456 g/mol. The van der Waals surface area contributed by atoms with E-state index in [1.165, 1.54) is 11.8 Å². The Morgan fingerprint density at radius 1 is 1.00 bits per heavy atom. The highest BCUT2D eigenvalue weighted by Crippen LogP contribution is 2.36. The zero-order valence-electron chi connectivity index (χ0n) is 18.3. The van der Waals surface area contributed by atoms with Gasteiger partial charge < -0.3 is 14.4 Å². The summed E-state index contributed by atoms with van der Waals surface area (Å²) >= 11 is 6.66. The maximum absolute atomic E-state index is 13.6. The van der Waals surface area contributed by atoms with Crippen LogP contribution in [0.15, 0.2) is 34.0 Å². The lowest BCUT2D eigenvalue weighted by Gasteiger charge is -2.37. The number of piperazine rings is 1. The number of thiocarbonyl (C=S) groups is 1. The predicted molar refractivity (Wildman–Crippen MR) is 134 cm³/mol. The number of carbonyl (C=O) groups is 1. The molecular formula is C23H28N4O2S2. The molecule has 6 nitrogen and oxygen atoms in total. The number of rotatable bonds is 5. The van der Waals surface area contributed by atoms with Crippen molar-refractivity contribution in [1.29, 1.82) is 0 Å². The molecule has 0 spiro atoms. The summed E-state index contributed by atoms with van der Waals surface area (Å²) in [4.78, 5) is 33.3. The van der Waals surface area contributed by atoms with Gasteiger partial charge in [0.15, 0.2) is 0 Å². The van der Waals surface area contributed by atoms with Gasteiger partial charge in [-0.1, -0.05) is 49.1 Å². The Balaban J connectivity index is 1.93. The summed E-state index contributed by atoms with van der Waals surface area (Å²) < 4.78 is 2.35. The highest BCUT2D eigenvalue weighted by molar-refractivity contribution is 8.26. The van der Waals surface area contributed by atoms with E-state index in [-0.39, 0.29) is 11.5 Å². The second kappa shape index (κ2) is 9.14. The molecule has 0 saturated carbocycles. The van der Waals surface area contributed by atoms with E-state index in [1.54, 1.807) is 15.5 Å². The molecule has 1 aromatic carbocycles. The summed E-state index contributed by atoms with van der Waals surface area (Å²) in [6.07, 6.45) is 1.78. The number of fused-ring (bicyclic) bond motifs is 1. The Morgan fingerprint density at radius 2 is 1.71 bits per heavy atom. The molecule has 0 atom stereocenters. The maximum atomic E-state index is 13.6. The fraction of sp³-hybridized carbons (Fsp3) is 0.435. The second-order valence-corrected chi connectivity index (χ2v) is 9.35. The molecule has 0 aliphatic carbocycles. The number of carbonyl (C=O) groups excluding carboxylic acids is 1. The van der Waals surface area contributed by atoms with E-state index in [0.29, 0.717) is 27.9 Å². The first kappa shape index (κ1) is 22.0. The summed E-state index contributed by atoms with van der Waals surface area (Å²) in [7, 11) is 0. The molecule has 4 rings (SSSR count). The number of likely N-dealkylation sites (N-methyl/N-ethyl adjacent to an activating group) is 2. The minimum atomic E-state index is -0.116. The van der Waals surface area contributed by atoms with E-state index >= 15 is 0 Å². The van der Waals surface area contributed by atoms with Crippen LogP contribution in [-0.4, -0.2) is 63.9 Å². The van der Waals surface area contributed by atoms with Crippen molar-refractivity contribution >= 4 is 56.9 Å². The highest BCUT2D eigenvalue weighted by Gasteiger charge is 2.32. The lowest BCUT2D eigenvalue weighted by molar-refractivity contribution is -0.121. The van der Waals surface area contributed by atoms with Gasteiger partial charge >= 0.3 is 0 Å². The fourth-order valence-electron chi connectivity index (χ4n) is 4.39. The normalized spacial score (nSPS) is 19.3. The van der Waals surface area contributed by atoms with Crippen molar-refractivity contribution in [3.05, 3.63) is 45.1 Å². The number of pyridine rings is 1. The van der Waals surface area contributed by atoms with Crippen molar-refractivity contribution in [2.24, 2.45) is 0 Å². The van der Waals surface area contributed by atoms with Crippen LogP contribution in [0.1, 0.15) is 26.3 Å². The van der Waals surface area contributed by atoms with Crippen molar-refractivity contribution < 1.29 is 4.79 Å². The number of aryl methyl sites for hydroxylation is 1. The largest absolute Gasteiger partial charge is 0.368 e. The topological polar surface area (TPSA) is 48.8 Å². The molecule has 31 heavy (non-hydrogen) atoms. The molecule has 0 unspecified atom stereocenters. The van der Waals surface area contributed by atoms with Gasteiger partial charge in [0, 0.05) is 44.7 Å². The van der Waals surface area contributed by atoms with E-state index in [0.717, 1.165) is 49.3 Å². The summed E-state index contributed by atoms with van der Waals surface area (Å²) in [5.74, 6) is -0.116. The average Bonchev–Trinajstić information content (AvgIpc) is 3.06. The van der Waals surface area contributed by atoms with Crippen molar-refractivity contribution in [2.45, 2.75) is 27.3 Å². The minimum absolute atomic E-state index is 0.0594. The van der Waals surface area contributed by atoms with Crippen LogP contribution in [0.4, 0.5) is 5.69 Å². The molecule has 0 N–H and O–H groups in total. The van der Waals surface area contributed by atoms with Crippen LogP contribution in [0.5, 0.6) is 0 Å². The average molecular weight is 457 g/mol. The fourth-order valence-corrected chi connectivity index (χ4v) is 5.75. The van der Waals surface area contributed by atoms with Crippen LogP contribution in [0.25, 0.3) is 17.0 Å². The van der Waals surface area contributed by atoms with Gasteiger partial charge in [-0.3, -0.25) is 14.5 Å². The third-order valence-corrected chi connectivity index (χ3v) is 7.48. The van der Waals surface area contributed by atoms with Gasteiger partial charge in [-0.2, -0.15) is 0 Å². The van der Waals surface area contributed by atoms with Gasteiger partial charge in [0.1, 0.15) is 4.32 Å². The Kier molecular flexibility index (Phi) is 6.50. The Labute approximate surface area is 192 Å². The zero-order valence-corrected chi connectivity index (χ0v) is 19.9. The summed E-state index contributed by atoms with van der Waals surface area (Å²) in [6, 6.07) is 8.07. The summed E-state index contributed by atoms with van der Waals surface area (Å²) in [6.45, 7) is 11.8. The SMILES string of the molecule is CCN1CCN(c2c(C=C3SC(=S)N(CC)C3=O)c(=O)n(CC)c3ccccc23)CC1. The van der Waals surface area contributed by atoms with Gasteiger partial charge in [0.2, 0.25) is 0 Å². The standard InChI is InChI=1S/C23H28N4O2S2/c1-4-24-11-13-25(14-12-24)20-16-9-7-8-10-18(16)26(5-2)21(28)17(20)15-19-22(29)27(6-3)23(30)31-19/h7-10,15H,4-6,11-14H2,1-3H3. The molecule has 0 bridgehead atoms.